The number of fused-ring (bicyclic) bond motifs is 5. The fourth-order valence-electron chi connectivity index (χ4n) is 10.6. The summed E-state index contributed by atoms with van der Waals surface area (Å²) in [6.07, 6.45) is 13.8. The molecule has 0 amide bonds. The van der Waals surface area contributed by atoms with E-state index in [2.05, 4.69) is 301 Å². The zero-order chi connectivity index (χ0) is 60.0. The third-order valence-corrected chi connectivity index (χ3v) is 25.1. The lowest BCUT2D eigenvalue weighted by molar-refractivity contribution is 0.301. The average molecular weight is 1220 g/mol. The number of benzene rings is 9. The van der Waals surface area contributed by atoms with E-state index in [1.807, 2.05) is 13.8 Å². The van der Waals surface area contributed by atoms with E-state index in [0.717, 1.165) is 18.8 Å². The highest BCUT2D eigenvalue weighted by Crippen LogP contribution is 2.50. The second-order valence-electron chi connectivity index (χ2n) is 22.4. The molecule has 1 aliphatic rings. The summed E-state index contributed by atoms with van der Waals surface area (Å²) in [5.74, 6) is 3.94. The number of unbranched alkanes of at least 4 members (excludes halogenated alkanes) is 3. The Morgan fingerprint density at radius 2 is 0.871 bits per heavy atom. The van der Waals surface area contributed by atoms with Crippen molar-refractivity contribution in [1.82, 2.24) is 0 Å². The van der Waals surface area contributed by atoms with Crippen LogP contribution >= 0.6 is 31.4 Å². The highest BCUT2D eigenvalue weighted by atomic mass is 32.2. The van der Waals surface area contributed by atoms with Crippen LogP contribution < -0.4 is 4.74 Å². The summed E-state index contributed by atoms with van der Waals surface area (Å²) in [5, 5.41) is 10.1. The van der Waals surface area contributed by atoms with E-state index in [1.54, 1.807) is 4.90 Å². The quantitative estimate of drug-likeness (QED) is 0.0926. The van der Waals surface area contributed by atoms with Gasteiger partial charge in [0.05, 0.1) is 6.61 Å². The van der Waals surface area contributed by atoms with Crippen LogP contribution in [0.1, 0.15) is 103 Å². The first-order valence-corrected chi connectivity index (χ1v) is 38.1. The highest BCUT2D eigenvalue weighted by molar-refractivity contribution is 7.97. The van der Waals surface area contributed by atoms with Gasteiger partial charge in [-0.05, 0) is 159 Å². The molecule has 2 atom stereocenters. The Morgan fingerprint density at radius 1 is 0.435 bits per heavy atom. The van der Waals surface area contributed by atoms with Gasteiger partial charge >= 0.3 is 0 Å². The zero-order valence-corrected chi connectivity index (χ0v) is 56.3. The molecule has 9 aromatic carbocycles. The third-order valence-electron chi connectivity index (χ3n) is 15.0. The largest absolute Gasteiger partial charge is 0.493 e. The molecule has 0 spiro atoms. The van der Waals surface area contributed by atoms with E-state index in [0.29, 0.717) is 21.8 Å². The minimum Gasteiger partial charge on any atom is -0.493 e. The minimum absolute atomic E-state index is 0.0350. The van der Waals surface area contributed by atoms with Gasteiger partial charge in [0.15, 0.2) is 43.3 Å². The Morgan fingerprint density at radius 3 is 1.34 bits per heavy atom. The molecule has 1 fully saturated rings. The van der Waals surface area contributed by atoms with Crippen LogP contribution in [0.5, 0.6) is 5.75 Å². The van der Waals surface area contributed by atoms with Gasteiger partial charge in [-0.15, -0.1) is 0 Å². The van der Waals surface area contributed by atoms with Crippen molar-refractivity contribution in [2.45, 2.75) is 116 Å². The Kier molecular flexibility index (Phi) is 25.0. The van der Waals surface area contributed by atoms with Gasteiger partial charge < -0.3 is 4.74 Å². The molecule has 0 N–H and O–H groups in total. The van der Waals surface area contributed by atoms with E-state index in [1.165, 1.54) is 127 Å². The zero-order valence-electron chi connectivity index (χ0n) is 52.2. The maximum Gasteiger partial charge on any atom is 0.187 e. The summed E-state index contributed by atoms with van der Waals surface area (Å²) in [6, 6.07) is 85.6. The van der Waals surface area contributed by atoms with Crippen molar-refractivity contribution >= 4 is 93.5 Å². The molecule has 1 nitrogen and oxygen atoms in total. The van der Waals surface area contributed by atoms with Crippen LogP contribution in [-0.4, -0.2) is 30.6 Å². The second-order valence-corrected chi connectivity index (χ2v) is 32.5. The summed E-state index contributed by atoms with van der Waals surface area (Å²) >= 11 is 0. The van der Waals surface area contributed by atoms with Gasteiger partial charge in [0.1, 0.15) is 40.5 Å². The van der Waals surface area contributed by atoms with E-state index >= 15 is 0 Å². The third kappa shape index (κ3) is 17.6. The summed E-state index contributed by atoms with van der Waals surface area (Å²) < 4.78 is 12.0. The Balaban J connectivity index is 0.000000144. The van der Waals surface area contributed by atoms with Crippen molar-refractivity contribution in [3.05, 3.63) is 264 Å². The first-order valence-electron chi connectivity index (χ1n) is 30.7. The number of thiophene rings is 3. The maximum atomic E-state index is 6.17. The summed E-state index contributed by atoms with van der Waals surface area (Å²) in [7, 11) is 1.25. The van der Waals surface area contributed by atoms with Crippen LogP contribution in [0.15, 0.2) is 257 Å². The first-order chi connectivity index (χ1) is 41.5. The van der Waals surface area contributed by atoms with Gasteiger partial charge in [0.25, 0.3) is 0 Å². The molecule has 13 rings (SSSR count). The van der Waals surface area contributed by atoms with E-state index in [4.69, 9.17) is 4.74 Å². The van der Waals surface area contributed by atoms with Gasteiger partial charge in [0, 0.05) is 99.0 Å². The summed E-state index contributed by atoms with van der Waals surface area (Å²) in [5.41, 5.74) is 4.13. The Bertz CT molecular complexity index is 3800. The fourth-order valence-corrected chi connectivity index (χ4v) is 20.0. The lowest BCUT2D eigenvalue weighted by Gasteiger charge is -2.18. The normalized spacial score (nSPS) is 12.6. The molecule has 0 saturated carbocycles. The molecule has 1 saturated heterocycles. The van der Waals surface area contributed by atoms with Crippen LogP contribution in [0.2, 0.25) is 0 Å². The molecule has 85 heavy (non-hydrogen) atoms. The number of hydrogen-bond acceptors (Lipinski definition) is 1. The topological polar surface area (TPSA) is 9.23 Å². The van der Waals surface area contributed by atoms with E-state index in [-0.39, 0.29) is 36.8 Å². The second kappa shape index (κ2) is 32.9. The van der Waals surface area contributed by atoms with Crippen LogP contribution in [0, 0.1) is 13.8 Å². The number of hydrogen-bond donors (Lipinski definition) is 0. The van der Waals surface area contributed by atoms with Gasteiger partial charge in [-0.3, -0.25) is 0 Å². The predicted molar refractivity (Wildman–Crippen MR) is 390 cm³/mol. The van der Waals surface area contributed by atoms with Crippen molar-refractivity contribution in [3.8, 4) is 20.4 Å². The smallest absolute Gasteiger partial charge is 0.187 e. The molecule has 0 bridgehead atoms. The molecule has 4 heterocycles. The van der Waals surface area contributed by atoms with Crippen molar-refractivity contribution in [2.24, 2.45) is 0 Å². The maximum absolute atomic E-state index is 6.17. The van der Waals surface area contributed by atoms with Crippen LogP contribution in [0.4, 0.5) is 0 Å². The number of ether oxygens (including phenoxy) is 1. The number of aryl methyl sites for hydroxylation is 2. The molecule has 3 aromatic heterocycles. The monoisotopic (exact) mass is 1220 g/mol. The average Bonchev–Trinajstić information content (AvgIpc) is 3.54. The minimum atomic E-state index is -0.0350. The lowest BCUT2D eigenvalue weighted by Crippen LogP contribution is -2.17. The molecular formula is C79H91OS5+5. The fraction of sp³-hybridized carbons (Fsp3) is 0.266. The van der Waals surface area contributed by atoms with Gasteiger partial charge in [-0.2, -0.15) is 0 Å². The van der Waals surface area contributed by atoms with Gasteiger partial charge in [-0.1, -0.05) is 176 Å². The van der Waals surface area contributed by atoms with Crippen LogP contribution in [0.3, 0.4) is 0 Å². The molecule has 2 unspecified atom stereocenters. The van der Waals surface area contributed by atoms with Crippen molar-refractivity contribution in [2.75, 3.05) is 30.6 Å². The standard InChI is InChI=1S/C26H29OS.C18H19S.C14H11S.C11H15S.C8H11S.C2H6/c1-4-5-6-11-16-27-26-19(2)17-21(18-20(26)3)28-24-14-9-7-12-22(24)23-13-8-10-15-25(23)28;1-18(2,3)15-8-10-16(11-9-15)19-13-12-14-6-4-5-7-17(14)19;1-2-7-13(8-3-1)15-11-10-12-6-4-5-9-14(12)15;1-3-7-11(8-4-1)12-9-5-2-6-10-12;1-9(2)8-6-4-3-5-7-8;1-2/h7-10,12-15,17-18H,4-6,11,16H2,1-3H3;4-13H,1-3H3;1-11H;1,3-4,7-8H,2,5-6,9-10H2;3-7H,1-2H3;1-2H3/q5*+1;. The molecule has 0 aliphatic carbocycles. The van der Waals surface area contributed by atoms with E-state index < -0.39 is 0 Å². The van der Waals surface area contributed by atoms with Crippen molar-refractivity contribution in [1.29, 1.82) is 0 Å². The lowest BCUT2D eigenvalue weighted by atomic mass is 9.87. The van der Waals surface area contributed by atoms with E-state index in [9.17, 15) is 0 Å². The van der Waals surface area contributed by atoms with Gasteiger partial charge in [-0.25, -0.2) is 0 Å². The van der Waals surface area contributed by atoms with Gasteiger partial charge in [0.2, 0.25) is 0 Å². The van der Waals surface area contributed by atoms with Crippen molar-refractivity contribution < 1.29 is 4.74 Å². The predicted octanol–water partition coefficient (Wildman–Crippen LogP) is 24.6. The SMILES string of the molecule is CC.CC(C)(C)c1ccc(-[s+]2ccc3ccccc32)cc1.CCCCCCOc1c(C)cc(-[s+]2c3ccccc3c3ccccc32)cc1C.C[S+](C)c1ccccc1.c1ccc(-[s+]2ccc3ccccc32)cc1.c1ccc([S+]2CCCCC2)cc1. The van der Waals surface area contributed by atoms with Crippen molar-refractivity contribution in [3.63, 3.8) is 0 Å². The molecular weight excluding hydrogens is 1130 g/mol. The molecule has 6 heteroatoms. The van der Waals surface area contributed by atoms with Crippen LogP contribution in [-0.2, 0) is 27.2 Å². The molecule has 12 aromatic rings. The molecule has 0 radical (unpaired) electrons. The Hall–Kier alpha value is -6.38. The first kappa shape index (κ1) is 64.6. The molecule has 438 valence electrons. The Labute approximate surface area is 524 Å². The summed E-state index contributed by atoms with van der Waals surface area (Å²) in [4.78, 5) is 7.23. The highest BCUT2D eigenvalue weighted by Gasteiger charge is 2.26. The molecule has 1 aliphatic heterocycles. The number of rotatable bonds is 11. The van der Waals surface area contributed by atoms with Crippen LogP contribution in [0.25, 0.3) is 55.0 Å². The summed E-state index contributed by atoms with van der Waals surface area (Å²) in [6.45, 7) is 18.2.